The van der Waals surface area contributed by atoms with Gasteiger partial charge in [0.05, 0.1) is 7.11 Å². The second-order valence-corrected chi connectivity index (χ2v) is 7.79. The molecule has 1 N–H and O–H groups in total. The summed E-state index contributed by atoms with van der Waals surface area (Å²) in [4.78, 5) is 39.4. The van der Waals surface area contributed by atoms with Crippen LogP contribution in [0.2, 0.25) is 5.02 Å². The molecule has 0 radical (unpaired) electrons. The zero-order valence-electron chi connectivity index (χ0n) is 17.7. The molecule has 6 nitrogen and oxygen atoms in total. The van der Waals surface area contributed by atoms with Gasteiger partial charge in [0, 0.05) is 22.8 Å². The molecule has 0 spiro atoms. The Morgan fingerprint density at radius 3 is 2.36 bits per heavy atom. The van der Waals surface area contributed by atoms with E-state index in [-0.39, 0.29) is 29.2 Å². The van der Waals surface area contributed by atoms with Crippen LogP contribution in [0.25, 0.3) is 0 Å². The molecule has 0 unspecified atom stereocenters. The summed E-state index contributed by atoms with van der Waals surface area (Å²) in [6.07, 6.45) is -5.11. The number of carbonyl (C=O) groups excluding carboxylic acids is 3. The third-order valence-corrected chi connectivity index (χ3v) is 5.61. The molecule has 1 atom stereocenters. The van der Waals surface area contributed by atoms with E-state index in [0.29, 0.717) is 0 Å². The van der Waals surface area contributed by atoms with Gasteiger partial charge in [-0.15, -0.1) is 0 Å². The fraction of sp³-hybridized carbons (Fsp3) is 0.261. The summed E-state index contributed by atoms with van der Waals surface area (Å²) >= 11 is 5.85. The minimum atomic E-state index is -5.34. The summed E-state index contributed by atoms with van der Waals surface area (Å²) in [5, 5.41) is 1.89. The fourth-order valence-electron chi connectivity index (χ4n) is 3.75. The molecule has 174 valence electrons. The van der Waals surface area contributed by atoms with Gasteiger partial charge in [0.2, 0.25) is 0 Å². The van der Waals surface area contributed by atoms with E-state index in [1.54, 1.807) is 35.6 Å². The van der Waals surface area contributed by atoms with Crippen LogP contribution in [0.15, 0.2) is 65.9 Å². The molecular weight excluding hydrogens is 461 g/mol. The monoisotopic (exact) mass is 480 g/mol. The first-order valence-corrected chi connectivity index (χ1v) is 10.2. The van der Waals surface area contributed by atoms with Crippen molar-refractivity contribution in [3.63, 3.8) is 0 Å². The van der Waals surface area contributed by atoms with Gasteiger partial charge in [-0.3, -0.25) is 9.59 Å². The Labute approximate surface area is 193 Å². The summed E-state index contributed by atoms with van der Waals surface area (Å²) in [6, 6.07) is 14.0. The van der Waals surface area contributed by atoms with Crippen molar-refractivity contribution in [3.05, 3.63) is 82.0 Å². The number of rotatable bonds is 6. The third kappa shape index (κ3) is 4.45. The second kappa shape index (κ2) is 9.27. The molecular formula is C23H20ClF3N2O4. The average molecular weight is 481 g/mol. The minimum Gasteiger partial charge on any atom is -0.466 e. The van der Waals surface area contributed by atoms with Gasteiger partial charge in [-0.25, -0.2) is 4.79 Å². The standard InChI is InChI=1S/C23H20ClF3N2O4/c1-14-18(20(31)33-2)22(23(25,26)27,28-19(30)16-9-6-10-17(24)13-16)21(32)29(14)12-11-15-7-4-3-5-8-15/h3-10,13H,11-12H2,1-2H3,(H,28,30)/t22-/m1/s1. The molecule has 0 aliphatic carbocycles. The summed E-state index contributed by atoms with van der Waals surface area (Å²) in [6.45, 7) is 1.08. The largest absolute Gasteiger partial charge is 0.466 e. The van der Waals surface area contributed by atoms with Crippen molar-refractivity contribution >= 4 is 29.4 Å². The number of nitrogens with zero attached hydrogens (tertiary/aromatic N) is 1. The lowest BCUT2D eigenvalue weighted by molar-refractivity contribution is -0.192. The first-order valence-electron chi connectivity index (χ1n) is 9.83. The van der Waals surface area contributed by atoms with Gasteiger partial charge in [-0.2, -0.15) is 13.2 Å². The highest BCUT2D eigenvalue weighted by Crippen LogP contribution is 2.45. The van der Waals surface area contributed by atoms with E-state index in [1.165, 1.54) is 25.1 Å². The van der Waals surface area contributed by atoms with Crippen molar-refractivity contribution < 1.29 is 32.3 Å². The maximum atomic E-state index is 14.5. The van der Waals surface area contributed by atoms with Crippen molar-refractivity contribution in [3.8, 4) is 0 Å². The van der Waals surface area contributed by atoms with Gasteiger partial charge < -0.3 is 15.0 Å². The molecule has 0 saturated carbocycles. The van der Waals surface area contributed by atoms with Crippen LogP contribution in [0.1, 0.15) is 22.8 Å². The molecule has 0 bridgehead atoms. The van der Waals surface area contributed by atoms with Crippen LogP contribution < -0.4 is 5.32 Å². The number of ether oxygens (including phenoxy) is 1. The number of alkyl halides is 3. The summed E-state index contributed by atoms with van der Waals surface area (Å²) in [5.74, 6) is -4.08. The van der Waals surface area contributed by atoms with Crippen LogP contribution >= 0.6 is 11.6 Å². The van der Waals surface area contributed by atoms with E-state index in [0.717, 1.165) is 23.6 Å². The second-order valence-electron chi connectivity index (χ2n) is 7.36. The Bertz CT molecular complexity index is 1120. The summed E-state index contributed by atoms with van der Waals surface area (Å²) in [7, 11) is 0.902. The normalized spacial score (nSPS) is 18.5. The Morgan fingerprint density at radius 2 is 1.79 bits per heavy atom. The Balaban J connectivity index is 2.07. The molecule has 0 aromatic heterocycles. The zero-order chi connectivity index (χ0) is 24.4. The first kappa shape index (κ1) is 24.3. The molecule has 10 heteroatoms. The highest BCUT2D eigenvalue weighted by molar-refractivity contribution is 6.31. The van der Waals surface area contributed by atoms with Gasteiger partial charge in [0.15, 0.2) is 0 Å². The lowest BCUT2D eigenvalue weighted by atomic mass is 9.88. The van der Waals surface area contributed by atoms with Crippen molar-refractivity contribution in [1.29, 1.82) is 0 Å². The first-order chi connectivity index (χ1) is 15.5. The van der Waals surface area contributed by atoms with E-state index < -0.39 is 35.1 Å². The van der Waals surface area contributed by atoms with Gasteiger partial charge >= 0.3 is 12.1 Å². The Hall–Kier alpha value is -3.33. The van der Waals surface area contributed by atoms with Crippen LogP contribution in [-0.2, 0) is 20.7 Å². The van der Waals surface area contributed by atoms with Crippen LogP contribution in [0.5, 0.6) is 0 Å². The number of hydrogen-bond donors (Lipinski definition) is 1. The molecule has 2 aromatic rings. The number of carbonyl (C=O) groups is 3. The summed E-state index contributed by atoms with van der Waals surface area (Å²) < 4.78 is 48.2. The summed E-state index contributed by atoms with van der Waals surface area (Å²) in [5.41, 5.74) is -4.26. The number of amides is 2. The highest BCUT2D eigenvalue weighted by atomic mass is 35.5. The molecule has 1 aliphatic heterocycles. The lowest BCUT2D eigenvalue weighted by Gasteiger charge is -2.33. The fourth-order valence-corrected chi connectivity index (χ4v) is 3.94. The van der Waals surface area contributed by atoms with Crippen LogP contribution in [0, 0.1) is 0 Å². The highest BCUT2D eigenvalue weighted by Gasteiger charge is 2.70. The molecule has 3 rings (SSSR count). The number of esters is 1. The maximum Gasteiger partial charge on any atom is 0.425 e. The molecule has 33 heavy (non-hydrogen) atoms. The number of methoxy groups -OCH3 is 1. The molecule has 0 saturated heterocycles. The molecule has 0 fully saturated rings. The van der Waals surface area contributed by atoms with E-state index in [4.69, 9.17) is 11.6 Å². The zero-order valence-corrected chi connectivity index (χ0v) is 18.5. The molecule has 2 aromatic carbocycles. The van der Waals surface area contributed by atoms with Gasteiger partial charge in [0.1, 0.15) is 5.57 Å². The van der Waals surface area contributed by atoms with E-state index >= 15 is 0 Å². The number of halogens is 4. The smallest absolute Gasteiger partial charge is 0.425 e. The number of benzene rings is 2. The number of allylic oxidation sites excluding steroid dienone is 1. The number of nitrogens with one attached hydrogen (secondary N) is 1. The lowest BCUT2D eigenvalue weighted by Crippen LogP contribution is -2.66. The van der Waals surface area contributed by atoms with Crippen molar-refractivity contribution in [2.24, 2.45) is 0 Å². The van der Waals surface area contributed by atoms with Gasteiger partial charge in [-0.1, -0.05) is 48.0 Å². The van der Waals surface area contributed by atoms with Crippen LogP contribution in [-0.4, -0.2) is 48.1 Å². The Kier molecular flexibility index (Phi) is 6.83. The van der Waals surface area contributed by atoms with Crippen LogP contribution in [0.4, 0.5) is 13.2 Å². The van der Waals surface area contributed by atoms with Crippen molar-refractivity contribution in [1.82, 2.24) is 10.2 Å². The molecule has 1 aliphatic rings. The van der Waals surface area contributed by atoms with Crippen molar-refractivity contribution in [2.45, 2.75) is 25.1 Å². The average Bonchev–Trinajstić information content (AvgIpc) is 2.99. The third-order valence-electron chi connectivity index (χ3n) is 5.38. The minimum absolute atomic E-state index is 0.117. The predicted octanol–water partition coefficient (Wildman–Crippen LogP) is 3.90. The van der Waals surface area contributed by atoms with Crippen molar-refractivity contribution in [2.75, 3.05) is 13.7 Å². The van der Waals surface area contributed by atoms with Crippen LogP contribution in [0.3, 0.4) is 0 Å². The molecule has 1 heterocycles. The van der Waals surface area contributed by atoms with Gasteiger partial charge in [-0.05, 0) is 37.1 Å². The number of hydrogen-bond acceptors (Lipinski definition) is 4. The van der Waals surface area contributed by atoms with E-state index in [1.807, 2.05) is 0 Å². The predicted molar refractivity (Wildman–Crippen MR) is 114 cm³/mol. The Morgan fingerprint density at radius 1 is 1.12 bits per heavy atom. The molecule has 2 amide bonds. The maximum absolute atomic E-state index is 14.5. The van der Waals surface area contributed by atoms with Gasteiger partial charge in [0.25, 0.3) is 17.4 Å². The van der Waals surface area contributed by atoms with E-state index in [9.17, 15) is 27.6 Å². The topological polar surface area (TPSA) is 75.7 Å². The quantitative estimate of drug-likeness (QED) is 0.636. The van der Waals surface area contributed by atoms with E-state index in [2.05, 4.69) is 4.74 Å². The SMILES string of the molecule is COC(=O)C1=C(C)N(CCc2ccccc2)C(=O)[C@@]1(NC(=O)c1cccc(Cl)c1)C(F)(F)F.